The van der Waals surface area contributed by atoms with Crippen LogP contribution in [0.2, 0.25) is 0 Å². The number of carbonyl (C=O) groups excluding carboxylic acids is 1. The van der Waals surface area contributed by atoms with Crippen LogP contribution in [-0.2, 0) is 6.42 Å². The predicted octanol–water partition coefficient (Wildman–Crippen LogP) is 4.68. The van der Waals surface area contributed by atoms with Gasteiger partial charge >= 0.3 is 0 Å². The summed E-state index contributed by atoms with van der Waals surface area (Å²) in [5.41, 5.74) is 0.655. The molecule has 6 heteroatoms. The van der Waals surface area contributed by atoms with E-state index in [0.29, 0.717) is 61.5 Å². The predicted molar refractivity (Wildman–Crippen MR) is 109 cm³/mol. The van der Waals surface area contributed by atoms with Gasteiger partial charge in [0.05, 0.1) is 14.2 Å². The molecule has 0 N–H and O–H groups in total. The molecular formula is C23H29F2NO3. The first-order valence-corrected chi connectivity index (χ1v) is 10.0. The fourth-order valence-corrected chi connectivity index (χ4v) is 4.39. The van der Waals surface area contributed by atoms with Crippen molar-refractivity contribution >= 4 is 5.78 Å². The summed E-state index contributed by atoms with van der Waals surface area (Å²) >= 11 is 0. The number of Topliss-reactive ketones (excluding diaryl/α,β-unsaturated/α-hetero) is 1. The molecule has 1 aromatic rings. The van der Waals surface area contributed by atoms with Crippen molar-refractivity contribution < 1.29 is 23.0 Å². The zero-order valence-electron chi connectivity index (χ0n) is 17.4. The molecule has 1 unspecified atom stereocenters. The number of methoxy groups -OCH3 is 2. The van der Waals surface area contributed by atoms with Gasteiger partial charge in [-0.15, -0.1) is 0 Å². The number of fused-ring (bicyclic) bond motifs is 1. The molecule has 0 bridgehead atoms. The maximum Gasteiger partial charge on any atom is 0.166 e. The van der Waals surface area contributed by atoms with Crippen molar-refractivity contribution in [1.29, 1.82) is 0 Å². The second kappa shape index (κ2) is 8.66. The lowest BCUT2D eigenvalue weighted by atomic mass is 9.82. The van der Waals surface area contributed by atoms with Crippen molar-refractivity contribution in [2.75, 3.05) is 33.9 Å². The molecule has 0 radical (unpaired) electrons. The Balaban J connectivity index is 1.63. The molecule has 0 spiro atoms. The van der Waals surface area contributed by atoms with Crippen molar-refractivity contribution in [2.24, 2.45) is 5.92 Å². The smallest absolute Gasteiger partial charge is 0.166 e. The van der Waals surface area contributed by atoms with Crippen LogP contribution in [0.15, 0.2) is 36.2 Å². The number of ether oxygens (including phenoxy) is 2. The minimum Gasteiger partial charge on any atom is -0.493 e. The number of halogens is 2. The van der Waals surface area contributed by atoms with Crippen molar-refractivity contribution in [3.05, 3.63) is 47.3 Å². The molecule has 158 valence electrons. The monoisotopic (exact) mass is 405 g/mol. The van der Waals surface area contributed by atoms with E-state index in [4.69, 9.17) is 9.47 Å². The molecule has 1 aromatic carbocycles. The molecule has 1 aliphatic carbocycles. The summed E-state index contributed by atoms with van der Waals surface area (Å²) in [5.74, 6) is 0.264. The van der Waals surface area contributed by atoms with E-state index >= 15 is 4.39 Å². The summed E-state index contributed by atoms with van der Waals surface area (Å²) in [6.45, 7) is 6.64. The van der Waals surface area contributed by atoms with Gasteiger partial charge in [-0.05, 0) is 55.9 Å². The Morgan fingerprint density at radius 1 is 1.28 bits per heavy atom. The molecule has 0 aromatic heterocycles. The Morgan fingerprint density at radius 2 is 1.90 bits per heavy atom. The number of hydrogen-bond donors (Lipinski definition) is 0. The summed E-state index contributed by atoms with van der Waals surface area (Å²) in [6, 6.07) is 3.52. The highest BCUT2D eigenvalue weighted by Crippen LogP contribution is 2.42. The van der Waals surface area contributed by atoms with E-state index in [1.54, 1.807) is 26.2 Å². The Labute approximate surface area is 171 Å². The minimum absolute atomic E-state index is 0.0228. The quantitative estimate of drug-likeness (QED) is 0.618. The summed E-state index contributed by atoms with van der Waals surface area (Å²) in [5, 5.41) is 0. The van der Waals surface area contributed by atoms with Crippen molar-refractivity contribution in [2.45, 2.75) is 38.3 Å². The van der Waals surface area contributed by atoms with Gasteiger partial charge in [0, 0.05) is 31.1 Å². The lowest BCUT2D eigenvalue weighted by Crippen LogP contribution is -2.43. The first-order chi connectivity index (χ1) is 13.8. The van der Waals surface area contributed by atoms with E-state index in [0.717, 1.165) is 5.56 Å². The third-order valence-corrected chi connectivity index (χ3v) is 6.17. The molecule has 1 aliphatic heterocycles. The van der Waals surface area contributed by atoms with Gasteiger partial charge in [0.1, 0.15) is 11.5 Å². The van der Waals surface area contributed by atoms with E-state index in [1.165, 1.54) is 7.11 Å². The van der Waals surface area contributed by atoms with Crippen LogP contribution in [0.25, 0.3) is 0 Å². The second-order valence-corrected chi connectivity index (χ2v) is 7.98. The number of benzene rings is 1. The second-order valence-electron chi connectivity index (χ2n) is 7.98. The normalized spacial score (nSPS) is 21.8. The molecule has 29 heavy (non-hydrogen) atoms. The van der Waals surface area contributed by atoms with E-state index in [-0.39, 0.29) is 18.1 Å². The van der Waals surface area contributed by atoms with Crippen LogP contribution in [0.3, 0.4) is 0 Å². The number of ketones is 1. The fraction of sp³-hybridized carbons (Fsp3) is 0.522. The number of allylic oxidation sites excluding steroid dienone is 1. The summed E-state index contributed by atoms with van der Waals surface area (Å²) < 4.78 is 39.5. The molecule has 0 saturated carbocycles. The average Bonchev–Trinajstić information content (AvgIpc) is 3.00. The average molecular weight is 405 g/mol. The number of likely N-dealkylation sites (tertiary alicyclic amines) is 1. The summed E-state index contributed by atoms with van der Waals surface area (Å²) in [4.78, 5) is 14.9. The molecule has 1 heterocycles. The van der Waals surface area contributed by atoms with Crippen LogP contribution in [-0.4, -0.2) is 50.2 Å². The first kappa shape index (κ1) is 21.5. The van der Waals surface area contributed by atoms with Crippen molar-refractivity contribution in [3.8, 4) is 11.5 Å². The molecule has 3 rings (SSSR count). The molecule has 4 nitrogen and oxygen atoms in total. The number of hydrogen-bond acceptors (Lipinski definition) is 4. The van der Waals surface area contributed by atoms with Crippen LogP contribution < -0.4 is 9.47 Å². The minimum atomic E-state index is -1.38. The van der Waals surface area contributed by atoms with E-state index < -0.39 is 11.5 Å². The maximum absolute atomic E-state index is 15.5. The maximum atomic E-state index is 15.5. The lowest BCUT2D eigenvalue weighted by Gasteiger charge is -2.37. The molecule has 2 aliphatic rings. The Hall–Kier alpha value is -2.21. The molecular weight excluding hydrogens is 376 g/mol. The van der Waals surface area contributed by atoms with Crippen LogP contribution in [0.1, 0.15) is 42.1 Å². The number of nitrogens with zero attached hydrogens (tertiary/aromatic N) is 1. The highest BCUT2D eigenvalue weighted by molar-refractivity contribution is 6.03. The standard InChI is InChI=1S/C23H29F2NO3/c1-5-16(15(2)24)14-26-8-6-23(25,7-9-26)13-18-10-17-11-20(28-3)21(29-4)12-19(17)22(18)27/h5,11-12,18H,2,6-10,13-14H2,1,3-4H3. The third-order valence-electron chi connectivity index (χ3n) is 6.17. The largest absolute Gasteiger partial charge is 0.493 e. The number of alkyl halides is 1. The Morgan fingerprint density at radius 3 is 2.45 bits per heavy atom. The van der Waals surface area contributed by atoms with Crippen molar-refractivity contribution in [1.82, 2.24) is 4.90 Å². The van der Waals surface area contributed by atoms with Gasteiger partial charge in [-0.3, -0.25) is 9.69 Å². The van der Waals surface area contributed by atoms with E-state index in [2.05, 4.69) is 6.58 Å². The van der Waals surface area contributed by atoms with Gasteiger partial charge in [0.25, 0.3) is 0 Å². The number of carbonyl (C=O) groups is 1. The molecule has 1 fully saturated rings. The fourth-order valence-electron chi connectivity index (χ4n) is 4.39. The van der Waals surface area contributed by atoms with E-state index in [9.17, 15) is 9.18 Å². The van der Waals surface area contributed by atoms with Crippen LogP contribution in [0, 0.1) is 5.92 Å². The van der Waals surface area contributed by atoms with Crippen LogP contribution >= 0.6 is 0 Å². The third kappa shape index (κ3) is 4.53. The van der Waals surface area contributed by atoms with Crippen molar-refractivity contribution in [3.63, 3.8) is 0 Å². The van der Waals surface area contributed by atoms with Gasteiger partial charge < -0.3 is 9.47 Å². The number of rotatable bonds is 7. The molecule has 0 amide bonds. The summed E-state index contributed by atoms with van der Waals surface area (Å²) in [6.07, 6.45) is 3.13. The summed E-state index contributed by atoms with van der Waals surface area (Å²) in [7, 11) is 3.09. The van der Waals surface area contributed by atoms with Gasteiger partial charge in [0.2, 0.25) is 0 Å². The first-order valence-electron chi connectivity index (χ1n) is 10.0. The Kier molecular flexibility index (Phi) is 6.42. The highest BCUT2D eigenvalue weighted by Gasteiger charge is 2.42. The van der Waals surface area contributed by atoms with Crippen LogP contribution in [0.5, 0.6) is 11.5 Å². The van der Waals surface area contributed by atoms with Gasteiger partial charge in [-0.25, -0.2) is 8.78 Å². The highest BCUT2D eigenvalue weighted by atomic mass is 19.1. The van der Waals surface area contributed by atoms with Gasteiger partial charge in [0.15, 0.2) is 17.3 Å². The van der Waals surface area contributed by atoms with E-state index in [1.807, 2.05) is 11.0 Å². The van der Waals surface area contributed by atoms with Gasteiger partial charge in [-0.1, -0.05) is 12.7 Å². The zero-order valence-corrected chi connectivity index (χ0v) is 17.4. The number of piperidine rings is 1. The van der Waals surface area contributed by atoms with Crippen LogP contribution in [0.4, 0.5) is 8.78 Å². The Bertz CT molecular complexity index is 826. The lowest BCUT2D eigenvalue weighted by molar-refractivity contribution is 0.0388. The topological polar surface area (TPSA) is 38.8 Å². The molecule has 1 saturated heterocycles. The SMILES string of the molecule is C=C(F)C(=CC)CN1CCC(F)(CC2Cc3cc(OC)c(OC)cc3C2=O)CC1. The molecule has 1 atom stereocenters. The zero-order chi connectivity index (χ0) is 21.2. The van der Waals surface area contributed by atoms with Gasteiger partial charge in [-0.2, -0.15) is 0 Å².